The number of rotatable bonds is 4. The largest absolute Gasteiger partial charge is 0.277 e. The summed E-state index contributed by atoms with van der Waals surface area (Å²) in [5.74, 6) is 0. The number of benzene rings is 2. The molecule has 0 saturated carbocycles. The first-order valence-corrected chi connectivity index (χ1v) is 8.43. The molecule has 2 heterocycles. The van der Waals surface area contributed by atoms with Gasteiger partial charge in [-0.1, -0.05) is 55.1 Å². The van der Waals surface area contributed by atoms with E-state index in [1.807, 2.05) is 6.07 Å². The summed E-state index contributed by atoms with van der Waals surface area (Å²) in [5.41, 5.74) is 5.46. The van der Waals surface area contributed by atoms with Crippen molar-refractivity contribution >= 4 is 27.0 Å². The van der Waals surface area contributed by atoms with Gasteiger partial charge < -0.3 is 0 Å². The van der Waals surface area contributed by atoms with Gasteiger partial charge in [0.05, 0.1) is 11.4 Å². The Morgan fingerprint density at radius 2 is 1.87 bits per heavy atom. The fourth-order valence-corrected chi connectivity index (χ4v) is 3.72. The van der Waals surface area contributed by atoms with Crippen molar-refractivity contribution in [3.05, 3.63) is 83.9 Å². The first-order valence-electron chi connectivity index (χ1n) is 7.55. The van der Waals surface area contributed by atoms with Gasteiger partial charge in [0.1, 0.15) is 0 Å². The van der Waals surface area contributed by atoms with Crippen LogP contribution in [0.2, 0.25) is 0 Å². The molecule has 0 amide bonds. The molecule has 0 atom stereocenters. The Kier molecular flexibility index (Phi) is 3.56. The number of nitrogens with zero attached hydrogens (tertiary/aromatic N) is 1. The molecule has 0 unspecified atom stereocenters. The van der Waals surface area contributed by atoms with E-state index in [9.17, 15) is 0 Å². The number of aromatic amines is 1. The molecule has 0 fully saturated rings. The molecule has 1 N–H and O–H groups in total. The van der Waals surface area contributed by atoms with Gasteiger partial charge in [0.15, 0.2) is 0 Å². The number of thiophene rings is 1. The van der Waals surface area contributed by atoms with Crippen LogP contribution in [0.5, 0.6) is 0 Å². The summed E-state index contributed by atoms with van der Waals surface area (Å²) in [7, 11) is 0. The third-order valence-corrected chi connectivity index (χ3v) is 4.94. The topological polar surface area (TPSA) is 28.7 Å². The number of aromatic nitrogens is 2. The zero-order chi connectivity index (χ0) is 15.6. The van der Waals surface area contributed by atoms with Gasteiger partial charge in [-0.2, -0.15) is 5.10 Å². The number of hydrogen-bond acceptors (Lipinski definition) is 2. The lowest BCUT2D eigenvalue weighted by atomic mass is 10.0. The molecule has 0 saturated heterocycles. The molecule has 0 aliphatic heterocycles. The highest BCUT2D eigenvalue weighted by molar-refractivity contribution is 7.17. The van der Waals surface area contributed by atoms with E-state index < -0.39 is 0 Å². The lowest BCUT2D eigenvalue weighted by Gasteiger charge is -2.01. The second-order valence-electron chi connectivity index (χ2n) is 5.58. The predicted molar refractivity (Wildman–Crippen MR) is 103 cm³/mol. The average Bonchev–Trinajstić information content (AvgIpc) is 3.22. The lowest BCUT2D eigenvalue weighted by molar-refractivity contribution is 1.07. The van der Waals surface area contributed by atoms with Gasteiger partial charge >= 0.3 is 0 Å². The molecule has 0 aliphatic carbocycles. The van der Waals surface area contributed by atoms with Crippen molar-refractivity contribution in [2.75, 3.05) is 0 Å². The molecular weight excluding hydrogens is 300 g/mol. The van der Waals surface area contributed by atoms with Gasteiger partial charge in [-0.15, -0.1) is 11.3 Å². The van der Waals surface area contributed by atoms with Crippen molar-refractivity contribution in [1.29, 1.82) is 0 Å². The molecule has 2 aromatic heterocycles. The molecule has 4 aromatic rings. The maximum atomic E-state index is 4.46. The second kappa shape index (κ2) is 5.86. The average molecular weight is 320 g/mol. The van der Waals surface area contributed by atoms with E-state index in [2.05, 4.69) is 76.8 Å². The highest BCUT2D eigenvalue weighted by atomic mass is 32.1. The van der Waals surface area contributed by atoms with Crippen molar-refractivity contribution in [3.63, 3.8) is 0 Å². The van der Waals surface area contributed by atoms with Crippen LogP contribution in [0.3, 0.4) is 0 Å². The fourth-order valence-electron chi connectivity index (χ4n) is 2.76. The van der Waals surface area contributed by atoms with Gasteiger partial charge in [0.25, 0.3) is 0 Å². The Morgan fingerprint density at radius 3 is 2.74 bits per heavy atom. The van der Waals surface area contributed by atoms with Gasteiger partial charge in [-0.3, -0.25) is 5.10 Å². The van der Waals surface area contributed by atoms with Crippen molar-refractivity contribution in [2.24, 2.45) is 0 Å². The monoisotopic (exact) mass is 320 g/mol. The third-order valence-electron chi connectivity index (χ3n) is 3.97. The van der Waals surface area contributed by atoms with Crippen molar-refractivity contribution in [2.45, 2.75) is 6.42 Å². The van der Waals surface area contributed by atoms with Crippen molar-refractivity contribution < 1.29 is 2.85 Å². The van der Waals surface area contributed by atoms with E-state index in [1.165, 1.54) is 21.2 Å². The molecule has 0 spiro atoms. The number of fused-ring (bicyclic) bond motifs is 1. The number of H-pyrrole nitrogens is 1. The number of nitrogens with one attached hydrogen (secondary N) is 1. The molecule has 2 aromatic carbocycles. The first-order chi connectivity index (χ1) is 11.3. The zero-order valence-corrected chi connectivity index (χ0v) is 13.4. The minimum absolute atomic E-state index is 0. The van der Waals surface area contributed by atoms with E-state index in [1.54, 1.807) is 11.3 Å². The van der Waals surface area contributed by atoms with E-state index in [0.29, 0.717) is 0 Å². The molecule has 4 rings (SSSR count). The SMILES string of the molecule is C=C(Cc1ccccc1)c1cc(-c2csc3ccccc23)[nH]n1.[HH].[HH]. The Labute approximate surface area is 142 Å². The lowest BCUT2D eigenvalue weighted by Crippen LogP contribution is -1.89. The van der Waals surface area contributed by atoms with Gasteiger partial charge in [0, 0.05) is 23.9 Å². The minimum atomic E-state index is 0. The van der Waals surface area contributed by atoms with Gasteiger partial charge in [-0.05, 0) is 29.7 Å². The summed E-state index contributed by atoms with van der Waals surface area (Å²) in [6.07, 6.45) is 0.815. The van der Waals surface area contributed by atoms with Crippen LogP contribution in [0.25, 0.3) is 26.9 Å². The van der Waals surface area contributed by atoms with Crippen LogP contribution in [-0.2, 0) is 6.42 Å². The Morgan fingerprint density at radius 1 is 1.09 bits per heavy atom. The van der Waals surface area contributed by atoms with Gasteiger partial charge in [-0.25, -0.2) is 0 Å². The number of allylic oxidation sites excluding steroid dienone is 1. The van der Waals surface area contributed by atoms with Crippen molar-refractivity contribution in [1.82, 2.24) is 10.2 Å². The van der Waals surface area contributed by atoms with Crippen LogP contribution in [-0.4, -0.2) is 10.2 Å². The Bertz CT molecular complexity index is 973. The Balaban J connectivity index is 0.00000113. The fraction of sp³-hybridized carbons (Fsp3) is 0.0500. The molecule has 23 heavy (non-hydrogen) atoms. The minimum Gasteiger partial charge on any atom is -0.277 e. The highest BCUT2D eigenvalue weighted by Crippen LogP contribution is 2.33. The summed E-state index contributed by atoms with van der Waals surface area (Å²) in [6.45, 7) is 4.20. The van der Waals surface area contributed by atoms with E-state index >= 15 is 0 Å². The maximum Gasteiger partial charge on any atom is 0.0884 e. The van der Waals surface area contributed by atoms with Crippen LogP contribution >= 0.6 is 11.3 Å². The van der Waals surface area contributed by atoms with E-state index in [-0.39, 0.29) is 2.85 Å². The summed E-state index contributed by atoms with van der Waals surface area (Å²) in [5, 5.41) is 11.1. The van der Waals surface area contributed by atoms with Crippen LogP contribution in [0.15, 0.2) is 72.6 Å². The van der Waals surface area contributed by atoms with Crippen LogP contribution in [0, 0.1) is 0 Å². The van der Waals surface area contributed by atoms with E-state index in [0.717, 1.165) is 23.4 Å². The van der Waals surface area contributed by atoms with E-state index in [4.69, 9.17) is 0 Å². The molecule has 2 nitrogen and oxygen atoms in total. The summed E-state index contributed by atoms with van der Waals surface area (Å²) in [4.78, 5) is 0. The van der Waals surface area contributed by atoms with Crippen LogP contribution in [0.4, 0.5) is 0 Å². The predicted octanol–water partition coefficient (Wildman–Crippen LogP) is 6.04. The second-order valence-corrected chi connectivity index (χ2v) is 6.49. The molecular formula is C20H20N2S. The molecule has 0 bridgehead atoms. The normalized spacial score (nSPS) is 11.0. The zero-order valence-electron chi connectivity index (χ0n) is 12.6. The molecule has 3 heteroatoms. The first kappa shape index (κ1) is 14.0. The van der Waals surface area contributed by atoms with Gasteiger partial charge in [0.2, 0.25) is 0 Å². The summed E-state index contributed by atoms with van der Waals surface area (Å²) >= 11 is 1.76. The molecule has 0 aliphatic rings. The summed E-state index contributed by atoms with van der Waals surface area (Å²) < 4.78 is 1.29. The molecule has 0 radical (unpaired) electrons. The van der Waals surface area contributed by atoms with Crippen LogP contribution in [0.1, 0.15) is 14.1 Å². The Hall–Kier alpha value is -2.65. The van der Waals surface area contributed by atoms with Crippen LogP contribution < -0.4 is 0 Å². The van der Waals surface area contributed by atoms with Crippen molar-refractivity contribution in [3.8, 4) is 11.3 Å². The molecule has 116 valence electrons. The highest BCUT2D eigenvalue weighted by Gasteiger charge is 2.11. The number of hydrogen-bond donors (Lipinski definition) is 1. The standard InChI is InChI=1S/C20H16N2S.2H2/c1-14(11-15-7-3-2-4-8-15)18-12-19(22-21-18)17-13-23-20-10-6-5-9-16(17)20;;/h2-10,12-13H,1,11H2,(H,21,22);2*1H. The maximum absolute atomic E-state index is 4.46. The third kappa shape index (κ3) is 2.71. The summed E-state index contributed by atoms with van der Waals surface area (Å²) in [6, 6.07) is 20.9. The quantitative estimate of drug-likeness (QED) is 0.488. The smallest absolute Gasteiger partial charge is 0.0884 e.